The van der Waals surface area contributed by atoms with E-state index >= 15 is 0 Å². The standard InChI is InChI=1S/C20H13ClO3/c1-12-2-8-18-16(10-12)20(22)19(24-18)11-15-7-9-17(23-15)13-3-5-14(21)6-4-13/h2-11H,1H3. The highest BCUT2D eigenvalue weighted by Crippen LogP contribution is 2.33. The lowest BCUT2D eigenvalue weighted by molar-refractivity contribution is 0.101. The molecule has 3 aromatic rings. The summed E-state index contributed by atoms with van der Waals surface area (Å²) in [7, 11) is 0. The highest BCUT2D eigenvalue weighted by atomic mass is 35.5. The lowest BCUT2D eigenvalue weighted by Gasteiger charge is -1.98. The average Bonchev–Trinajstić information content (AvgIpc) is 3.15. The van der Waals surface area contributed by atoms with Crippen LogP contribution in [0.2, 0.25) is 5.02 Å². The molecular formula is C20H13ClO3. The zero-order valence-corrected chi connectivity index (χ0v) is 13.6. The maximum Gasteiger partial charge on any atom is 0.232 e. The zero-order chi connectivity index (χ0) is 16.7. The average molecular weight is 337 g/mol. The summed E-state index contributed by atoms with van der Waals surface area (Å²) in [5, 5.41) is 0.672. The fourth-order valence-corrected chi connectivity index (χ4v) is 2.76. The van der Waals surface area contributed by atoms with E-state index in [1.807, 2.05) is 49.4 Å². The van der Waals surface area contributed by atoms with Crippen molar-refractivity contribution in [1.29, 1.82) is 0 Å². The number of carbonyl (C=O) groups is 1. The van der Waals surface area contributed by atoms with Gasteiger partial charge in [-0.1, -0.05) is 23.2 Å². The third-order valence-corrected chi connectivity index (χ3v) is 4.10. The monoisotopic (exact) mass is 336 g/mol. The van der Waals surface area contributed by atoms with Crippen molar-refractivity contribution in [2.45, 2.75) is 6.92 Å². The van der Waals surface area contributed by atoms with Crippen LogP contribution in [0.1, 0.15) is 21.7 Å². The molecule has 2 aromatic carbocycles. The molecule has 24 heavy (non-hydrogen) atoms. The number of hydrogen-bond acceptors (Lipinski definition) is 3. The van der Waals surface area contributed by atoms with Crippen molar-refractivity contribution in [1.82, 2.24) is 0 Å². The van der Waals surface area contributed by atoms with E-state index in [0.717, 1.165) is 11.1 Å². The molecule has 0 bridgehead atoms. The number of ketones is 1. The number of rotatable bonds is 2. The van der Waals surface area contributed by atoms with Gasteiger partial charge in [0.15, 0.2) is 5.76 Å². The Bertz CT molecular complexity index is 965. The number of Topliss-reactive ketones (excluding diaryl/α,β-unsaturated/α-hetero) is 1. The number of halogens is 1. The van der Waals surface area contributed by atoms with Crippen LogP contribution in [0.25, 0.3) is 17.4 Å². The number of furan rings is 1. The van der Waals surface area contributed by atoms with E-state index in [1.165, 1.54) is 0 Å². The molecule has 3 nitrogen and oxygen atoms in total. The van der Waals surface area contributed by atoms with E-state index in [9.17, 15) is 4.79 Å². The number of aryl methyl sites for hydroxylation is 1. The summed E-state index contributed by atoms with van der Waals surface area (Å²) in [6, 6.07) is 16.6. The van der Waals surface area contributed by atoms with E-state index in [2.05, 4.69) is 0 Å². The summed E-state index contributed by atoms with van der Waals surface area (Å²) < 4.78 is 11.4. The van der Waals surface area contributed by atoms with Crippen LogP contribution in [-0.2, 0) is 0 Å². The first-order valence-corrected chi connectivity index (χ1v) is 7.89. The number of carbonyl (C=O) groups excluding carboxylic acids is 1. The fraction of sp³-hybridized carbons (Fsp3) is 0.0500. The van der Waals surface area contributed by atoms with Gasteiger partial charge in [0, 0.05) is 16.7 Å². The van der Waals surface area contributed by atoms with Crippen LogP contribution >= 0.6 is 11.6 Å². The summed E-state index contributed by atoms with van der Waals surface area (Å²) in [5.41, 5.74) is 2.53. The predicted octanol–water partition coefficient (Wildman–Crippen LogP) is 5.52. The fourth-order valence-electron chi connectivity index (χ4n) is 2.63. The topological polar surface area (TPSA) is 39.4 Å². The molecule has 4 rings (SSSR count). The molecule has 0 unspecified atom stereocenters. The third-order valence-electron chi connectivity index (χ3n) is 3.85. The highest BCUT2D eigenvalue weighted by Gasteiger charge is 2.27. The zero-order valence-electron chi connectivity index (χ0n) is 12.9. The van der Waals surface area contributed by atoms with Crippen molar-refractivity contribution < 1.29 is 13.9 Å². The van der Waals surface area contributed by atoms with E-state index < -0.39 is 0 Å². The first kappa shape index (κ1) is 14.8. The molecule has 0 N–H and O–H groups in total. The molecule has 118 valence electrons. The van der Waals surface area contributed by atoms with Gasteiger partial charge in [0.2, 0.25) is 5.78 Å². The molecule has 1 aliphatic heterocycles. The lowest BCUT2D eigenvalue weighted by Crippen LogP contribution is -1.97. The maximum absolute atomic E-state index is 12.4. The second-order valence-corrected chi connectivity index (χ2v) is 6.08. The number of allylic oxidation sites excluding steroid dienone is 1. The largest absolute Gasteiger partial charge is 0.457 e. The van der Waals surface area contributed by atoms with Gasteiger partial charge >= 0.3 is 0 Å². The van der Waals surface area contributed by atoms with Crippen molar-refractivity contribution in [2.75, 3.05) is 0 Å². The minimum atomic E-state index is -0.127. The van der Waals surface area contributed by atoms with Crippen LogP contribution in [0.5, 0.6) is 5.75 Å². The number of ether oxygens (including phenoxy) is 1. The van der Waals surface area contributed by atoms with Crippen molar-refractivity contribution in [2.24, 2.45) is 0 Å². The van der Waals surface area contributed by atoms with E-state index in [-0.39, 0.29) is 11.5 Å². The minimum Gasteiger partial charge on any atom is -0.457 e. The van der Waals surface area contributed by atoms with Crippen molar-refractivity contribution in [3.05, 3.63) is 82.3 Å². The Morgan fingerprint density at radius 3 is 2.58 bits per heavy atom. The molecule has 0 saturated heterocycles. The molecule has 0 aliphatic carbocycles. The molecule has 2 heterocycles. The van der Waals surface area contributed by atoms with Gasteiger partial charge in [-0.05, 0) is 55.5 Å². The smallest absolute Gasteiger partial charge is 0.232 e. The minimum absolute atomic E-state index is 0.127. The summed E-state index contributed by atoms with van der Waals surface area (Å²) in [6.07, 6.45) is 1.62. The van der Waals surface area contributed by atoms with Crippen LogP contribution in [0.15, 0.2) is 64.8 Å². The summed E-state index contributed by atoms with van der Waals surface area (Å²) in [6.45, 7) is 1.94. The SMILES string of the molecule is Cc1ccc2c(c1)C(=O)C(=Cc1ccc(-c3ccc(Cl)cc3)o1)O2. The van der Waals surface area contributed by atoms with E-state index in [4.69, 9.17) is 20.8 Å². The lowest BCUT2D eigenvalue weighted by atomic mass is 10.1. The normalized spacial score (nSPS) is 14.8. The van der Waals surface area contributed by atoms with Crippen LogP contribution in [-0.4, -0.2) is 5.78 Å². The van der Waals surface area contributed by atoms with Gasteiger partial charge in [0.25, 0.3) is 0 Å². The molecule has 0 atom stereocenters. The summed E-state index contributed by atoms with van der Waals surface area (Å²) >= 11 is 5.89. The molecule has 0 saturated carbocycles. The predicted molar refractivity (Wildman–Crippen MR) is 93.3 cm³/mol. The van der Waals surface area contributed by atoms with E-state index in [1.54, 1.807) is 18.2 Å². The Morgan fingerprint density at radius 1 is 1.00 bits per heavy atom. The van der Waals surface area contributed by atoms with Gasteiger partial charge in [-0.25, -0.2) is 0 Å². The molecule has 0 amide bonds. The number of hydrogen-bond donors (Lipinski definition) is 0. The quantitative estimate of drug-likeness (QED) is 0.578. The van der Waals surface area contributed by atoms with Gasteiger partial charge in [-0.15, -0.1) is 0 Å². The Hall–Kier alpha value is -2.78. The van der Waals surface area contributed by atoms with Gasteiger partial charge in [-0.2, -0.15) is 0 Å². The second-order valence-electron chi connectivity index (χ2n) is 5.65. The van der Waals surface area contributed by atoms with Crippen molar-refractivity contribution in [3.63, 3.8) is 0 Å². The van der Waals surface area contributed by atoms with Gasteiger partial charge in [0.1, 0.15) is 17.3 Å². The van der Waals surface area contributed by atoms with Crippen LogP contribution in [0.3, 0.4) is 0 Å². The molecule has 0 radical (unpaired) electrons. The summed E-state index contributed by atoms with van der Waals surface area (Å²) in [4.78, 5) is 12.4. The van der Waals surface area contributed by atoms with E-state index in [0.29, 0.717) is 27.9 Å². The molecular weight excluding hydrogens is 324 g/mol. The van der Waals surface area contributed by atoms with Crippen LogP contribution in [0, 0.1) is 6.92 Å². The first-order chi connectivity index (χ1) is 11.6. The Kier molecular flexibility index (Phi) is 3.51. The second kappa shape index (κ2) is 5.69. The summed E-state index contributed by atoms with van der Waals surface area (Å²) in [5.74, 6) is 2.00. The Labute approximate surface area is 144 Å². The van der Waals surface area contributed by atoms with Gasteiger partial charge < -0.3 is 9.15 Å². The van der Waals surface area contributed by atoms with Crippen LogP contribution in [0.4, 0.5) is 0 Å². The third kappa shape index (κ3) is 2.63. The first-order valence-electron chi connectivity index (χ1n) is 7.51. The van der Waals surface area contributed by atoms with Gasteiger partial charge in [0.05, 0.1) is 5.56 Å². The van der Waals surface area contributed by atoms with Gasteiger partial charge in [-0.3, -0.25) is 4.79 Å². The Morgan fingerprint density at radius 2 is 1.79 bits per heavy atom. The Balaban J connectivity index is 1.63. The maximum atomic E-state index is 12.4. The molecule has 0 spiro atoms. The number of benzene rings is 2. The molecule has 1 aromatic heterocycles. The van der Waals surface area contributed by atoms with Crippen LogP contribution < -0.4 is 4.74 Å². The highest BCUT2D eigenvalue weighted by molar-refractivity contribution is 6.30. The number of fused-ring (bicyclic) bond motifs is 1. The molecule has 1 aliphatic rings. The van der Waals surface area contributed by atoms with Crippen molar-refractivity contribution in [3.8, 4) is 17.1 Å². The molecule has 4 heteroatoms. The molecule has 0 fully saturated rings. The van der Waals surface area contributed by atoms with Crippen molar-refractivity contribution >= 4 is 23.5 Å².